The van der Waals surface area contributed by atoms with Gasteiger partial charge in [-0.05, 0) is 38.8 Å². The van der Waals surface area contributed by atoms with Gasteiger partial charge in [0.25, 0.3) is 0 Å². The van der Waals surface area contributed by atoms with Crippen LogP contribution >= 0.6 is 0 Å². The number of amides is 1. The second-order valence-electron chi connectivity index (χ2n) is 6.15. The van der Waals surface area contributed by atoms with Crippen molar-refractivity contribution in [2.24, 2.45) is 5.73 Å². The molecule has 1 aliphatic rings. The number of rotatable bonds is 5. The van der Waals surface area contributed by atoms with Crippen molar-refractivity contribution in [2.75, 3.05) is 0 Å². The molecular formula is C14H18N4O3. The number of carbonyl (C=O) groups excluding carboxylic acids is 1. The quantitative estimate of drug-likeness (QED) is 0.848. The highest BCUT2D eigenvalue weighted by Crippen LogP contribution is 2.47. The topological polar surface area (TPSA) is 107 Å². The highest BCUT2D eigenvalue weighted by Gasteiger charge is 2.54. The third-order valence-electron chi connectivity index (χ3n) is 3.60. The maximum Gasteiger partial charge on any atom is 0.231 e. The largest absolute Gasteiger partial charge is 0.461 e. The number of primary amides is 1. The standard InChI is InChI=1S/C14H18N4O3/c1-13(2,20)8-18-12(14(5-6-14)11(15)19)16-10(17-18)9-4-3-7-21-9/h3-4,7,20H,5-6,8H2,1-2H3,(H2,15,19). The van der Waals surface area contributed by atoms with E-state index in [1.165, 1.54) is 6.26 Å². The fourth-order valence-electron chi connectivity index (χ4n) is 2.39. The van der Waals surface area contributed by atoms with Crippen LogP contribution < -0.4 is 5.73 Å². The maximum absolute atomic E-state index is 11.8. The first kappa shape index (κ1) is 13.8. The third-order valence-corrected chi connectivity index (χ3v) is 3.60. The van der Waals surface area contributed by atoms with Gasteiger partial charge in [0, 0.05) is 0 Å². The molecule has 0 unspecified atom stereocenters. The number of carbonyl (C=O) groups is 1. The molecule has 112 valence electrons. The molecule has 1 aliphatic carbocycles. The zero-order valence-electron chi connectivity index (χ0n) is 12.0. The molecule has 0 saturated heterocycles. The number of hydrogen-bond acceptors (Lipinski definition) is 5. The average molecular weight is 290 g/mol. The lowest BCUT2D eigenvalue weighted by Crippen LogP contribution is -2.35. The third kappa shape index (κ3) is 2.44. The van der Waals surface area contributed by atoms with Crippen LogP contribution in [0.1, 0.15) is 32.5 Å². The second kappa shape index (κ2) is 4.42. The Morgan fingerprint density at radius 3 is 2.76 bits per heavy atom. The van der Waals surface area contributed by atoms with Gasteiger partial charge in [-0.2, -0.15) is 0 Å². The van der Waals surface area contributed by atoms with Crippen molar-refractivity contribution in [1.82, 2.24) is 14.8 Å². The SMILES string of the molecule is CC(C)(O)Cn1nc(-c2ccco2)nc1C1(C(N)=O)CC1. The zero-order valence-corrected chi connectivity index (χ0v) is 12.0. The van der Waals surface area contributed by atoms with Crippen LogP contribution in [0.25, 0.3) is 11.6 Å². The monoisotopic (exact) mass is 290 g/mol. The first-order chi connectivity index (χ1) is 9.82. The molecule has 21 heavy (non-hydrogen) atoms. The lowest BCUT2D eigenvalue weighted by atomic mass is 10.1. The number of nitrogens with zero attached hydrogens (tertiary/aromatic N) is 3. The van der Waals surface area contributed by atoms with Crippen LogP contribution in [0.15, 0.2) is 22.8 Å². The van der Waals surface area contributed by atoms with Gasteiger partial charge in [0.1, 0.15) is 11.2 Å². The predicted molar refractivity (Wildman–Crippen MR) is 74.1 cm³/mol. The Balaban J connectivity index is 2.07. The second-order valence-corrected chi connectivity index (χ2v) is 6.15. The molecule has 0 aliphatic heterocycles. The summed E-state index contributed by atoms with van der Waals surface area (Å²) in [5, 5.41) is 14.4. The van der Waals surface area contributed by atoms with E-state index < -0.39 is 16.9 Å². The Bertz CT molecular complexity index is 663. The summed E-state index contributed by atoms with van der Waals surface area (Å²) in [6.07, 6.45) is 2.85. The Hall–Kier alpha value is -2.15. The van der Waals surface area contributed by atoms with Gasteiger partial charge in [0.05, 0.1) is 18.4 Å². The summed E-state index contributed by atoms with van der Waals surface area (Å²) in [4.78, 5) is 16.2. The minimum atomic E-state index is -0.976. The number of furan rings is 1. The van der Waals surface area contributed by atoms with E-state index in [0.717, 1.165) is 0 Å². The minimum Gasteiger partial charge on any atom is -0.461 e. The van der Waals surface area contributed by atoms with Gasteiger partial charge in [0.15, 0.2) is 5.76 Å². The zero-order chi connectivity index (χ0) is 15.3. The lowest BCUT2D eigenvalue weighted by molar-refractivity contribution is -0.120. The van der Waals surface area contributed by atoms with Gasteiger partial charge in [0.2, 0.25) is 11.7 Å². The molecular weight excluding hydrogens is 272 g/mol. The van der Waals surface area contributed by atoms with E-state index in [0.29, 0.717) is 30.3 Å². The van der Waals surface area contributed by atoms with Crippen LogP contribution in [0.5, 0.6) is 0 Å². The van der Waals surface area contributed by atoms with Crippen molar-refractivity contribution in [3.63, 3.8) is 0 Å². The van der Waals surface area contributed by atoms with Crippen LogP contribution in [0, 0.1) is 0 Å². The molecule has 2 heterocycles. The summed E-state index contributed by atoms with van der Waals surface area (Å²) in [6, 6.07) is 3.49. The van der Waals surface area contributed by atoms with E-state index in [2.05, 4.69) is 10.1 Å². The molecule has 2 aromatic heterocycles. The van der Waals surface area contributed by atoms with Crippen LogP contribution in [0.4, 0.5) is 0 Å². The van der Waals surface area contributed by atoms with Gasteiger partial charge < -0.3 is 15.3 Å². The van der Waals surface area contributed by atoms with Crippen molar-refractivity contribution in [2.45, 2.75) is 44.2 Å². The average Bonchev–Trinajstić information content (AvgIpc) is 2.83. The maximum atomic E-state index is 11.8. The van der Waals surface area contributed by atoms with Gasteiger partial charge in [-0.25, -0.2) is 9.67 Å². The molecule has 3 N–H and O–H groups in total. The first-order valence-corrected chi connectivity index (χ1v) is 6.83. The summed E-state index contributed by atoms with van der Waals surface area (Å²) in [5.74, 6) is 1.01. The van der Waals surface area contributed by atoms with E-state index in [1.807, 2.05) is 0 Å². The molecule has 2 aromatic rings. The molecule has 7 nitrogen and oxygen atoms in total. The van der Waals surface area contributed by atoms with Gasteiger partial charge >= 0.3 is 0 Å². The summed E-state index contributed by atoms with van der Waals surface area (Å²) in [6.45, 7) is 3.58. The van der Waals surface area contributed by atoms with Gasteiger partial charge in [-0.15, -0.1) is 5.10 Å². The molecule has 1 fully saturated rings. The Morgan fingerprint density at radius 2 is 2.29 bits per heavy atom. The lowest BCUT2D eigenvalue weighted by Gasteiger charge is -2.19. The highest BCUT2D eigenvalue weighted by atomic mass is 16.3. The van der Waals surface area contributed by atoms with E-state index in [1.54, 1.807) is 30.7 Å². The van der Waals surface area contributed by atoms with Crippen LogP contribution in [0.3, 0.4) is 0 Å². The summed E-state index contributed by atoms with van der Waals surface area (Å²) < 4.78 is 6.86. The molecule has 0 aromatic carbocycles. The van der Waals surface area contributed by atoms with Crippen molar-refractivity contribution < 1.29 is 14.3 Å². The highest BCUT2D eigenvalue weighted by molar-refractivity contribution is 5.89. The van der Waals surface area contributed by atoms with Gasteiger partial charge in [-0.1, -0.05) is 0 Å². The minimum absolute atomic E-state index is 0.227. The Morgan fingerprint density at radius 1 is 1.57 bits per heavy atom. The summed E-state index contributed by atoms with van der Waals surface area (Å²) >= 11 is 0. The van der Waals surface area contributed by atoms with E-state index in [-0.39, 0.29) is 6.54 Å². The van der Waals surface area contributed by atoms with E-state index in [9.17, 15) is 9.90 Å². The molecule has 7 heteroatoms. The molecule has 0 atom stereocenters. The molecule has 1 amide bonds. The number of hydrogen-bond donors (Lipinski definition) is 2. The number of nitrogens with two attached hydrogens (primary N) is 1. The van der Waals surface area contributed by atoms with Gasteiger partial charge in [-0.3, -0.25) is 4.79 Å². The van der Waals surface area contributed by atoms with Crippen molar-refractivity contribution >= 4 is 5.91 Å². The normalized spacial score (nSPS) is 16.9. The smallest absolute Gasteiger partial charge is 0.231 e. The fourth-order valence-corrected chi connectivity index (χ4v) is 2.39. The van der Waals surface area contributed by atoms with Crippen molar-refractivity contribution in [1.29, 1.82) is 0 Å². The predicted octanol–water partition coefficient (Wildman–Crippen LogP) is 0.826. The molecule has 0 radical (unpaired) electrons. The van der Waals surface area contributed by atoms with Crippen LogP contribution in [0.2, 0.25) is 0 Å². The first-order valence-electron chi connectivity index (χ1n) is 6.83. The summed E-state index contributed by atoms with van der Waals surface area (Å²) in [7, 11) is 0. The molecule has 0 bridgehead atoms. The number of aliphatic hydroxyl groups is 1. The molecule has 0 spiro atoms. The fraction of sp³-hybridized carbons (Fsp3) is 0.500. The Kier molecular flexibility index (Phi) is 2.91. The van der Waals surface area contributed by atoms with Crippen molar-refractivity contribution in [3.05, 3.63) is 24.2 Å². The molecule has 1 saturated carbocycles. The van der Waals surface area contributed by atoms with Crippen molar-refractivity contribution in [3.8, 4) is 11.6 Å². The van der Waals surface area contributed by atoms with Crippen LogP contribution in [-0.4, -0.2) is 31.4 Å². The Labute approximate surface area is 121 Å². The number of aromatic nitrogens is 3. The van der Waals surface area contributed by atoms with E-state index in [4.69, 9.17) is 10.2 Å². The van der Waals surface area contributed by atoms with Crippen LogP contribution in [-0.2, 0) is 16.8 Å². The molecule has 3 rings (SSSR count). The van der Waals surface area contributed by atoms with E-state index >= 15 is 0 Å². The summed E-state index contributed by atoms with van der Waals surface area (Å²) in [5.41, 5.74) is 3.78.